The Morgan fingerprint density at radius 2 is 1.80 bits per heavy atom. The Bertz CT molecular complexity index is 524. The first-order valence-corrected chi connectivity index (χ1v) is 7.80. The first kappa shape index (κ1) is 23.5. The molecule has 0 saturated heterocycles. The molecule has 0 saturated carbocycles. The number of alkyl halides is 3. The SMILES string of the molecule is CCNC(=NCCC(F)(F)F)NCCC(=O)NCc1ccccc1.I. The minimum Gasteiger partial charge on any atom is -0.357 e. The summed E-state index contributed by atoms with van der Waals surface area (Å²) >= 11 is 0. The van der Waals surface area contributed by atoms with Crippen molar-refractivity contribution >= 4 is 35.8 Å². The van der Waals surface area contributed by atoms with E-state index in [-0.39, 0.29) is 48.8 Å². The van der Waals surface area contributed by atoms with Crippen LogP contribution >= 0.6 is 24.0 Å². The molecule has 0 aromatic heterocycles. The van der Waals surface area contributed by atoms with E-state index in [1.54, 1.807) is 0 Å². The van der Waals surface area contributed by atoms with Gasteiger partial charge in [0.2, 0.25) is 5.91 Å². The van der Waals surface area contributed by atoms with E-state index >= 15 is 0 Å². The van der Waals surface area contributed by atoms with Gasteiger partial charge in [-0.25, -0.2) is 0 Å². The molecule has 3 N–H and O–H groups in total. The predicted molar refractivity (Wildman–Crippen MR) is 103 cm³/mol. The summed E-state index contributed by atoms with van der Waals surface area (Å²) < 4.78 is 36.3. The minimum atomic E-state index is -4.22. The number of aliphatic imine (C=N–C) groups is 1. The lowest BCUT2D eigenvalue weighted by atomic mass is 10.2. The van der Waals surface area contributed by atoms with Crippen molar-refractivity contribution in [3.63, 3.8) is 0 Å². The Kier molecular flexibility index (Phi) is 12.0. The maximum absolute atomic E-state index is 12.1. The second-order valence-electron chi connectivity index (χ2n) is 5.06. The number of amides is 1. The number of hydrogen-bond acceptors (Lipinski definition) is 2. The lowest BCUT2D eigenvalue weighted by Gasteiger charge is -2.12. The van der Waals surface area contributed by atoms with Crippen molar-refractivity contribution in [2.24, 2.45) is 4.99 Å². The summed E-state index contributed by atoms with van der Waals surface area (Å²) in [5.74, 6) is 0.134. The second-order valence-corrected chi connectivity index (χ2v) is 5.06. The highest BCUT2D eigenvalue weighted by Crippen LogP contribution is 2.18. The Morgan fingerprint density at radius 3 is 2.40 bits per heavy atom. The summed E-state index contributed by atoms with van der Waals surface area (Å²) in [4.78, 5) is 15.6. The Balaban J connectivity index is 0.00000576. The van der Waals surface area contributed by atoms with Crippen LogP contribution in [0, 0.1) is 0 Å². The molecule has 0 fully saturated rings. The van der Waals surface area contributed by atoms with Crippen LogP contribution in [0.4, 0.5) is 13.2 Å². The first-order chi connectivity index (χ1) is 11.4. The molecule has 25 heavy (non-hydrogen) atoms. The van der Waals surface area contributed by atoms with Gasteiger partial charge in [-0.15, -0.1) is 24.0 Å². The van der Waals surface area contributed by atoms with Crippen LogP contribution in [0.5, 0.6) is 0 Å². The third-order valence-corrected chi connectivity index (χ3v) is 2.99. The van der Waals surface area contributed by atoms with Crippen LogP contribution in [-0.4, -0.2) is 37.7 Å². The van der Waals surface area contributed by atoms with E-state index in [9.17, 15) is 18.0 Å². The highest BCUT2D eigenvalue weighted by atomic mass is 127. The molecule has 0 aliphatic rings. The maximum Gasteiger partial charge on any atom is 0.390 e. The molecule has 9 heteroatoms. The van der Waals surface area contributed by atoms with E-state index in [1.807, 2.05) is 37.3 Å². The number of hydrogen-bond donors (Lipinski definition) is 3. The fourth-order valence-corrected chi connectivity index (χ4v) is 1.82. The van der Waals surface area contributed by atoms with Gasteiger partial charge in [-0.2, -0.15) is 13.2 Å². The highest BCUT2D eigenvalue weighted by molar-refractivity contribution is 14.0. The zero-order valence-corrected chi connectivity index (χ0v) is 16.4. The second kappa shape index (κ2) is 12.8. The molecule has 0 heterocycles. The quantitative estimate of drug-likeness (QED) is 0.310. The average Bonchev–Trinajstić information content (AvgIpc) is 2.53. The Labute approximate surface area is 162 Å². The lowest BCUT2D eigenvalue weighted by Crippen LogP contribution is -2.39. The van der Waals surface area contributed by atoms with Crippen molar-refractivity contribution in [2.45, 2.75) is 32.5 Å². The zero-order chi connectivity index (χ0) is 17.8. The van der Waals surface area contributed by atoms with Crippen molar-refractivity contribution in [1.29, 1.82) is 0 Å². The van der Waals surface area contributed by atoms with Crippen molar-refractivity contribution in [2.75, 3.05) is 19.6 Å². The van der Waals surface area contributed by atoms with Crippen LogP contribution in [0.2, 0.25) is 0 Å². The minimum absolute atomic E-state index is 0. The molecule has 1 aromatic carbocycles. The average molecular weight is 472 g/mol. The van der Waals surface area contributed by atoms with E-state index in [2.05, 4.69) is 20.9 Å². The van der Waals surface area contributed by atoms with Crippen LogP contribution in [0.1, 0.15) is 25.3 Å². The van der Waals surface area contributed by atoms with Gasteiger partial charge in [-0.05, 0) is 12.5 Å². The zero-order valence-electron chi connectivity index (χ0n) is 14.0. The molecule has 5 nitrogen and oxygen atoms in total. The van der Waals surface area contributed by atoms with Crippen LogP contribution in [-0.2, 0) is 11.3 Å². The van der Waals surface area contributed by atoms with E-state index in [1.165, 1.54) is 0 Å². The molecule has 0 atom stereocenters. The Morgan fingerprint density at radius 1 is 1.12 bits per heavy atom. The van der Waals surface area contributed by atoms with Gasteiger partial charge in [-0.3, -0.25) is 9.79 Å². The maximum atomic E-state index is 12.1. The lowest BCUT2D eigenvalue weighted by molar-refractivity contribution is -0.132. The molecule has 0 radical (unpaired) electrons. The third-order valence-electron chi connectivity index (χ3n) is 2.99. The third kappa shape index (κ3) is 12.5. The van der Waals surface area contributed by atoms with Gasteiger partial charge >= 0.3 is 6.18 Å². The van der Waals surface area contributed by atoms with E-state index in [0.29, 0.717) is 19.6 Å². The van der Waals surface area contributed by atoms with Crippen molar-refractivity contribution < 1.29 is 18.0 Å². The molecule has 142 valence electrons. The summed E-state index contributed by atoms with van der Waals surface area (Å²) in [5, 5.41) is 8.47. The summed E-state index contributed by atoms with van der Waals surface area (Å²) in [5.41, 5.74) is 1.00. The molecule has 1 rings (SSSR count). The number of nitrogens with zero attached hydrogens (tertiary/aromatic N) is 1. The summed E-state index contributed by atoms with van der Waals surface area (Å²) in [6.45, 7) is 2.72. The van der Waals surface area contributed by atoms with E-state index in [0.717, 1.165) is 5.56 Å². The first-order valence-electron chi connectivity index (χ1n) is 7.80. The number of benzene rings is 1. The van der Waals surface area contributed by atoms with Crippen molar-refractivity contribution in [3.05, 3.63) is 35.9 Å². The number of carbonyl (C=O) groups is 1. The van der Waals surface area contributed by atoms with Gasteiger partial charge in [0.15, 0.2) is 5.96 Å². The van der Waals surface area contributed by atoms with Gasteiger partial charge in [0, 0.05) is 26.1 Å². The number of halogens is 4. The largest absolute Gasteiger partial charge is 0.390 e. The van der Waals surface area contributed by atoms with Crippen LogP contribution < -0.4 is 16.0 Å². The number of nitrogens with one attached hydrogen (secondary N) is 3. The fraction of sp³-hybridized carbons (Fsp3) is 0.500. The van der Waals surface area contributed by atoms with Gasteiger partial charge in [0.05, 0.1) is 13.0 Å². The van der Waals surface area contributed by atoms with E-state index < -0.39 is 12.6 Å². The normalized spacial score (nSPS) is 11.4. The number of guanidine groups is 1. The number of rotatable bonds is 8. The molecule has 0 unspecified atom stereocenters. The summed E-state index contributed by atoms with van der Waals surface area (Å²) in [6.07, 6.45) is -4.99. The van der Waals surface area contributed by atoms with Crippen molar-refractivity contribution in [1.82, 2.24) is 16.0 Å². The molecule has 0 aliphatic carbocycles. The standard InChI is InChI=1S/C16H23F3N4O.HI/c1-2-20-15(22-11-9-16(17,18)19)21-10-8-14(24)23-12-13-6-4-3-5-7-13;/h3-7H,2,8-12H2,1H3,(H,23,24)(H2,20,21,22);1H. The highest BCUT2D eigenvalue weighted by Gasteiger charge is 2.26. The molecule has 0 aliphatic heterocycles. The van der Waals surface area contributed by atoms with Crippen LogP contribution in [0.3, 0.4) is 0 Å². The molecule has 0 spiro atoms. The molecule has 1 amide bonds. The number of carbonyl (C=O) groups excluding carboxylic acids is 1. The molecular weight excluding hydrogens is 448 g/mol. The van der Waals surface area contributed by atoms with Crippen LogP contribution in [0.15, 0.2) is 35.3 Å². The van der Waals surface area contributed by atoms with Crippen LogP contribution in [0.25, 0.3) is 0 Å². The fourth-order valence-electron chi connectivity index (χ4n) is 1.82. The smallest absolute Gasteiger partial charge is 0.357 e. The van der Waals surface area contributed by atoms with E-state index in [4.69, 9.17) is 0 Å². The van der Waals surface area contributed by atoms with Gasteiger partial charge in [-0.1, -0.05) is 30.3 Å². The molecule has 0 bridgehead atoms. The van der Waals surface area contributed by atoms with Gasteiger partial charge < -0.3 is 16.0 Å². The Hall–Kier alpha value is -1.52. The predicted octanol–water partition coefficient (Wildman–Crippen LogP) is 2.82. The summed E-state index contributed by atoms with van der Waals surface area (Å²) in [6, 6.07) is 9.51. The topological polar surface area (TPSA) is 65.5 Å². The summed E-state index contributed by atoms with van der Waals surface area (Å²) in [7, 11) is 0. The molecular formula is C16H24F3IN4O. The van der Waals surface area contributed by atoms with Gasteiger partial charge in [0.25, 0.3) is 0 Å². The van der Waals surface area contributed by atoms with Crippen molar-refractivity contribution in [3.8, 4) is 0 Å². The van der Waals surface area contributed by atoms with Gasteiger partial charge in [0.1, 0.15) is 0 Å². The monoisotopic (exact) mass is 472 g/mol. The molecule has 1 aromatic rings.